The Hall–Kier alpha value is -1.55. The van der Waals surface area contributed by atoms with E-state index in [4.69, 9.17) is 10.5 Å². The van der Waals surface area contributed by atoms with Crippen LogP contribution in [0.15, 0.2) is 24.3 Å². The molecule has 1 rings (SSSR count). The van der Waals surface area contributed by atoms with Crippen molar-refractivity contribution in [2.45, 2.75) is 39.7 Å². The van der Waals surface area contributed by atoms with Crippen LogP contribution in [-0.2, 0) is 11.3 Å². The number of ether oxygens (including phenoxy) is 1. The Kier molecular flexibility index (Phi) is 7.83. The van der Waals surface area contributed by atoms with Crippen LogP contribution in [0.3, 0.4) is 0 Å². The van der Waals surface area contributed by atoms with Gasteiger partial charge < -0.3 is 15.4 Å². The second-order valence-electron chi connectivity index (χ2n) is 5.55. The lowest BCUT2D eigenvalue weighted by atomic mass is 10.0. The highest BCUT2D eigenvalue weighted by atomic mass is 16.5. The van der Waals surface area contributed by atoms with Gasteiger partial charge in [-0.15, -0.1) is 0 Å². The van der Waals surface area contributed by atoms with Crippen LogP contribution in [-0.4, -0.2) is 31.0 Å². The quantitative estimate of drug-likeness (QED) is 0.761. The second-order valence-corrected chi connectivity index (χ2v) is 5.55. The van der Waals surface area contributed by atoms with E-state index < -0.39 is 0 Å². The third-order valence-electron chi connectivity index (χ3n) is 3.59. The number of carbonyl (C=O) groups is 1. The Morgan fingerprint density at radius 1 is 1.29 bits per heavy atom. The number of hydrogen-bond donors (Lipinski definition) is 1. The lowest BCUT2D eigenvalue weighted by Gasteiger charge is -2.18. The van der Waals surface area contributed by atoms with Crippen LogP contribution in [0.2, 0.25) is 0 Å². The Morgan fingerprint density at radius 3 is 2.52 bits per heavy atom. The summed E-state index contributed by atoms with van der Waals surface area (Å²) >= 11 is 0. The molecule has 0 bridgehead atoms. The van der Waals surface area contributed by atoms with Crippen molar-refractivity contribution in [1.82, 2.24) is 4.90 Å². The number of nitrogens with zero attached hydrogens (tertiary/aromatic N) is 1. The van der Waals surface area contributed by atoms with Gasteiger partial charge in [0.2, 0.25) is 5.91 Å². The number of amides is 1. The van der Waals surface area contributed by atoms with E-state index in [0.29, 0.717) is 32.0 Å². The summed E-state index contributed by atoms with van der Waals surface area (Å²) in [6.07, 6.45) is 2.48. The molecule has 4 heteroatoms. The van der Waals surface area contributed by atoms with Gasteiger partial charge in [-0.25, -0.2) is 0 Å². The number of benzene rings is 1. The first kappa shape index (κ1) is 17.5. The van der Waals surface area contributed by atoms with E-state index in [1.807, 2.05) is 38.2 Å². The van der Waals surface area contributed by atoms with Gasteiger partial charge in [-0.2, -0.15) is 0 Å². The highest BCUT2D eigenvalue weighted by molar-refractivity contribution is 5.75. The average Bonchev–Trinajstić information content (AvgIpc) is 2.47. The summed E-state index contributed by atoms with van der Waals surface area (Å²) in [7, 11) is 1.85. The van der Waals surface area contributed by atoms with Crippen molar-refractivity contribution in [3.05, 3.63) is 29.8 Å². The number of carbonyl (C=O) groups excluding carboxylic acids is 1. The Morgan fingerprint density at radius 2 is 1.95 bits per heavy atom. The molecular weight excluding hydrogens is 264 g/mol. The van der Waals surface area contributed by atoms with Crippen LogP contribution in [0, 0.1) is 5.92 Å². The summed E-state index contributed by atoms with van der Waals surface area (Å²) in [5, 5.41) is 0. The average molecular weight is 292 g/mol. The van der Waals surface area contributed by atoms with Crippen molar-refractivity contribution >= 4 is 5.91 Å². The van der Waals surface area contributed by atoms with Crippen molar-refractivity contribution in [1.29, 1.82) is 0 Å². The lowest BCUT2D eigenvalue weighted by molar-refractivity contribution is -0.130. The van der Waals surface area contributed by atoms with E-state index in [9.17, 15) is 4.79 Å². The molecule has 0 spiro atoms. The molecule has 0 aliphatic heterocycles. The first-order valence-electron chi connectivity index (χ1n) is 7.72. The molecule has 0 saturated heterocycles. The van der Waals surface area contributed by atoms with Crippen molar-refractivity contribution in [2.75, 3.05) is 20.2 Å². The minimum absolute atomic E-state index is 0.188. The predicted molar refractivity (Wildman–Crippen MR) is 86.2 cm³/mol. The molecule has 1 aromatic rings. The Balaban J connectivity index is 2.40. The number of hydrogen-bond acceptors (Lipinski definition) is 3. The van der Waals surface area contributed by atoms with Gasteiger partial charge in [0.1, 0.15) is 5.75 Å². The largest absolute Gasteiger partial charge is 0.494 e. The second kappa shape index (κ2) is 9.40. The van der Waals surface area contributed by atoms with Gasteiger partial charge in [0, 0.05) is 20.0 Å². The first-order valence-corrected chi connectivity index (χ1v) is 7.72. The van der Waals surface area contributed by atoms with E-state index >= 15 is 0 Å². The number of rotatable bonds is 9. The molecule has 21 heavy (non-hydrogen) atoms. The van der Waals surface area contributed by atoms with Crippen LogP contribution >= 0.6 is 0 Å². The summed E-state index contributed by atoms with van der Waals surface area (Å²) in [6.45, 7) is 6.10. The molecule has 0 radical (unpaired) electrons. The van der Waals surface area contributed by atoms with Gasteiger partial charge in [-0.3, -0.25) is 4.79 Å². The maximum absolute atomic E-state index is 12.1. The number of nitrogens with two attached hydrogens (primary N) is 1. The van der Waals surface area contributed by atoms with Crippen LogP contribution in [0.5, 0.6) is 5.75 Å². The van der Waals surface area contributed by atoms with Gasteiger partial charge in [-0.1, -0.05) is 19.1 Å². The van der Waals surface area contributed by atoms with E-state index in [0.717, 1.165) is 24.2 Å². The standard InChI is InChI=1S/C17H28N2O2/c1-4-21-16-8-6-15(7-9-16)13-19(3)17(20)10-5-14(2)11-12-18/h6-9,14H,4-5,10-13,18H2,1-3H3. The molecule has 2 N–H and O–H groups in total. The maximum atomic E-state index is 12.1. The molecule has 1 amide bonds. The zero-order valence-corrected chi connectivity index (χ0v) is 13.5. The lowest BCUT2D eigenvalue weighted by Crippen LogP contribution is -2.26. The Bertz CT molecular complexity index is 417. The highest BCUT2D eigenvalue weighted by Crippen LogP contribution is 2.15. The summed E-state index contributed by atoms with van der Waals surface area (Å²) in [4.78, 5) is 13.9. The molecule has 1 aromatic carbocycles. The molecule has 1 unspecified atom stereocenters. The van der Waals surface area contributed by atoms with Crippen LogP contribution in [0.4, 0.5) is 0 Å². The molecule has 0 aliphatic carbocycles. The van der Waals surface area contributed by atoms with Crippen LogP contribution < -0.4 is 10.5 Å². The first-order chi connectivity index (χ1) is 10.1. The summed E-state index contributed by atoms with van der Waals surface area (Å²) in [5.74, 6) is 1.57. The molecule has 118 valence electrons. The van der Waals surface area contributed by atoms with E-state index in [1.165, 1.54) is 0 Å². The molecule has 0 aliphatic rings. The maximum Gasteiger partial charge on any atom is 0.222 e. The van der Waals surface area contributed by atoms with Crippen molar-refractivity contribution < 1.29 is 9.53 Å². The molecule has 0 fully saturated rings. The molecule has 0 saturated carbocycles. The zero-order valence-electron chi connectivity index (χ0n) is 13.5. The van der Waals surface area contributed by atoms with Crippen molar-refractivity contribution in [3.8, 4) is 5.75 Å². The molecule has 4 nitrogen and oxygen atoms in total. The van der Waals surface area contributed by atoms with Crippen molar-refractivity contribution in [2.24, 2.45) is 11.7 Å². The smallest absolute Gasteiger partial charge is 0.222 e. The molecular formula is C17H28N2O2. The molecule has 0 heterocycles. The third kappa shape index (κ3) is 6.63. The summed E-state index contributed by atoms with van der Waals surface area (Å²) < 4.78 is 5.41. The molecule has 1 atom stereocenters. The van der Waals surface area contributed by atoms with Gasteiger partial charge >= 0.3 is 0 Å². The normalized spacial score (nSPS) is 12.0. The van der Waals surface area contributed by atoms with E-state index in [1.54, 1.807) is 4.90 Å². The van der Waals surface area contributed by atoms with Crippen LogP contribution in [0.25, 0.3) is 0 Å². The molecule has 0 aromatic heterocycles. The minimum Gasteiger partial charge on any atom is -0.494 e. The third-order valence-corrected chi connectivity index (χ3v) is 3.59. The van der Waals surface area contributed by atoms with E-state index in [2.05, 4.69) is 6.92 Å². The minimum atomic E-state index is 0.188. The SMILES string of the molecule is CCOc1ccc(CN(C)C(=O)CCC(C)CCN)cc1. The van der Waals surface area contributed by atoms with Crippen molar-refractivity contribution in [3.63, 3.8) is 0 Å². The summed E-state index contributed by atoms with van der Waals surface area (Å²) in [6, 6.07) is 7.90. The van der Waals surface area contributed by atoms with Gasteiger partial charge in [0.25, 0.3) is 0 Å². The topological polar surface area (TPSA) is 55.6 Å². The van der Waals surface area contributed by atoms with Gasteiger partial charge in [0.15, 0.2) is 0 Å². The van der Waals surface area contributed by atoms with Gasteiger partial charge in [0.05, 0.1) is 6.61 Å². The zero-order chi connectivity index (χ0) is 15.7. The predicted octanol–water partition coefficient (Wildman–Crippen LogP) is 2.81. The van der Waals surface area contributed by atoms with Crippen LogP contribution in [0.1, 0.15) is 38.7 Å². The van der Waals surface area contributed by atoms with Gasteiger partial charge in [-0.05, 0) is 49.9 Å². The Labute approximate surface area is 128 Å². The van der Waals surface area contributed by atoms with E-state index in [-0.39, 0.29) is 5.91 Å². The monoisotopic (exact) mass is 292 g/mol. The summed E-state index contributed by atoms with van der Waals surface area (Å²) in [5.41, 5.74) is 6.64. The highest BCUT2D eigenvalue weighted by Gasteiger charge is 2.11. The fourth-order valence-electron chi connectivity index (χ4n) is 2.21. The fraction of sp³-hybridized carbons (Fsp3) is 0.588. The fourth-order valence-corrected chi connectivity index (χ4v) is 2.21.